The Morgan fingerprint density at radius 1 is 1.03 bits per heavy atom. The molecule has 4 aromatic rings. The third-order valence-corrected chi connectivity index (χ3v) is 6.85. The highest BCUT2D eigenvalue weighted by atomic mass is 32.2. The summed E-state index contributed by atoms with van der Waals surface area (Å²) in [6, 6.07) is 16.2. The molecular weight excluding hydrogens is 475 g/mol. The number of aryl methyl sites for hydroxylation is 2. The van der Waals surface area contributed by atoms with E-state index in [0.29, 0.717) is 5.69 Å². The number of methoxy groups -OCH3 is 1. The van der Waals surface area contributed by atoms with E-state index in [1.165, 1.54) is 28.4 Å². The molecule has 35 heavy (non-hydrogen) atoms. The topological polar surface area (TPSA) is 111 Å². The van der Waals surface area contributed by atoms with Gasteiger partial charge in [0.15, 0.2) is 0 Å². The van der Waals surface area contributed by atoms with Gasteiger partial charge in [-0.15, -0.1) is 0 Å². The minimum atomic E-state index is -4.03. The maximum atomic E-state index is 13.2. The molecule has 4 rings (SSSR count). The van der Waals surface area contributed by atoms with E-state index in [9.17, 15) is 22.4 Å². The number of benzene rings is 3. The minimum Gasteiger partial charge on any atom is -0.495 e. The van der Waals surface area contributed by atoms with Crippen LogP contribution < -0.4 is 20.5 Å². The fourth-order valence-corrected chi connectivity index (χ4v) is 4.76. The van der Waals surface area contributed by atoms with E-state index in [4.69, 9.17) is 4.74 Å². The third kappa shape index (κ3) is 5.04. The van der Waals surface area contributed by atoms with Crippen LogP contribution in [0.1, 0.15) is 6.42 Å². The van der Waals surface area contributed by atoms with Crippen LogP contribution in [0.3, 0.4) is 0 Å². The predicted molar refractivity (Wildman–Crippen MR) is 131 cm³/mol. The number of para-hydroxylation sites is 2. The van der Waals surface area contributed by atoms with Crippen LogP contribution in [0.15, 0.2) is 76.4 Å². The first-order chi connectivity index (χ1) is 16.7. The second kappa shape index (κ2) is 9.63. The maximum absolute atomic E-state index is 13.2. The van der Waals surface area contributed by atoms with Crippen molar-refractivity contribution in [2.75, 3.05) is 17.1 Å². The largest absolute Gasteiger partial charge is 0.495 e. The van der Waals surface area contributed by atoms with Crippen molar-refractivity contribution in [3.8, 4) is 5.75 Å². The van der Waals surface area contributed by atoms with Crippen LogP contribution in [0.25, 0.3) is 11.0 Å². The molecule has 0 aliphatic heterocycles. The number of sulfonamides is 1. The van der Waals surface area contributed by atoms with Gasteiger partial charge in [0.05, 0.1) is 28.7 Å². The second-order valence-electron chi connectivity index (χ2n) is 7.75. The minimum absolute atomic E-state index is 0.0244. The van der Waals surface area contributed by atoms with Crippen LogP contribution in [0, 0.1) is 5.82 Å². The Balaban J connectivity index is 1.50. The highest BCUT2D eigenvalue weighted by Crippen LogP contribution is 2.30. The average molecular weight is 499 g/mol. The number of amides is 1. The molecule has 3 aromatic carbocycles. The van der Waals surface area contributed by atoms with E-state index in [-0.39, 0.29) is 40.9 Å². The number of imidazole rings is 1. The van der Waals surface area contributed by atoms with Gasteiger partial charge in [-0.2, -0.15) is 0 Å². The van der Waals surface area contributed by atoms with Crippen molar-refractivity contribution in [3.05, 3.63) is 83.0 Å². The molecule has 2 N–H and O–H groups in total. The lowest BCUT2D eigenvalue weighted by molar-refractivity contribution is -0.116. The number of fused-ring (bicyclic) bond motifs is 1. The molecule has 0 bridgehead atoms. The third-order valence-electron chi connectivity index (χ3n) is 5.47. The number of anilines is 2. The van der Waals surface area contributed by atoms with Crippen molar-refractivity contribution < 1.29 is 22.3 Å². The number of hydrogen-bond acceptors (Lipinski definition) is 5. The van der Waals surface area contributed by atoms with Crippen LogP contribution >= 0.6 is 0 Å². The number of halogens is 1. The molecule has 0 aliphatic rings. The molecule has 1 aromatic heterocycles. The van der Waals surface area contributed by atoms with Crippen LogP contribution in [0.5, 0.6) is 5.75 Å². The van der Waals surface area contributed by atoms with Crippen molar-refractivity contribution in [3.63, 3.8) is 0 Å². The van der Waals surface area contributed by atoms with Gasteiger partial charge < -0.3 is 10.1 Å². The number of rotatable bonds is 8. The Hall–Kier alpha value is -4.12. The lowest BCUT2D eigenvalue weighted by Gasteiger charge is -2.14. The standard InChI is InChI=1S/C24H23FN4O5S/c1-28-20-5-3-4-6-21(20)29(24(28)31)14-13-23(30)26-17-9-12-22(34-2)19(15-17)27-35(32,33)18-10-7-16(25)8-11-18/h3-12,15,27H,13-14H2,1-2H3,(H,26,30). The Labute approximate surface area is 200 Å². The summed E-state index contributed by atoms with van der Waals surface area (Å²) in [5.74, 6) is -0.685. The van der Waals surface area contributed by atoms with E-state index < -0.39 is 15.8 Å². The molecule has 1 amide bonds. The summed E-state index contributed by atoms with van der Waals surface area (Å²) in [5.41, 5.74) is 1.71. The van der Waals surface area contributed by atoms with E-state index in [0.717, 1.165) is 35.3 Å². The SMILES string of the molecule is COc1ccc(NC(=O)CCn2c(=O)n(C)c3ccccc32)cc1NS(=O)(=O)c1ccc(F)cc1. The van der Waals surface area contributed by atoms with Gasteiger partial charge in [0.2, 0.25) is 5.91 Å². The second-order valence-corrected chi connectivity index (χ2v) is 9.44. The van der Waals surface area contributed by atoms with Crippen molar-refractivity contribution >= 4 is 38.3 Å². The average Bonchev–Trinajstić information content (AvgIpc) is 3.07. The van der Waals surface area contributed by atoms with Gasteiger partial charge >= 0.3 is 5.69 Å². The molecule has 0 spiro atoms. The molecule has 0 saturated heterocycles. The highest BCUT2D eigenvalue weighted by Gasteiger charge is 2.18. The monoisotopic (exact) mass is 498 g/mol. The summed E-state index contributed by atoms with van der Waals surface area (Å²) in [5, 5.41) is 2.71. The lowest BCUT2D eigenvalue weighted by Crippen LogP contribution is -2.24. The summed E-state index contributed by atoms with van der Waals surface area (Å²) in [6.45, 7) is 0.173. The van der Waals surface area contributed by atoms with Crippen LogP contribution in [0.4, 0.5) is 15.8 Å². The first-order valence-corrected chi connectivity index (χ1v) is 12.1. The summed E-state index contributed by atoms with van der Waals surface area (Å²) in [4.78, 5) is 25.0. The van der Waals surface area contributed by atoms with Gasteiger partial charge in [-0.05, 0) is 54.6 Å². The Morgan fingerprint density at radius 3 is 2.40 bits per heavy atom. The Kier molecular flexibility index (Phi) is 6.61. The van der Waals surface area contributed by atoms with Gasteiger partial charge in [-0.1, -0.05) is 12.1 Å². The normalized spacial score (nSPS) is 11.4. The van der Waals surface area contributed by atoms with Gasteiger partial charge in [-0.25, -0.2) is 17.6 Å². The lowest BCUT2D eigenvalue weighted by atomic mass is 10.2. The zero-order valence-electron chi connectivity index (χ0n) is 19.0. The number of nitrogens with one attached hydrogen (secondary N) is 2. The maximum Gasteiger partial charge on any atom is 0.328 e. The van der Waals surface area contributed by atoms with Crippen molar-refractivity contribution in [2.45, 2.75) is 17.9 Å². The predicted octanol–water partition coefficient (Wildman–Crippen LogP) is 3.32. The molecule has 11 heteroatoms. The molecule has 1 heterocycles. The van der Waals surface area contributed by atoms with Gasteiger partial charge in [-0.3, -0.25) is 18.7 Å². The molecule has 0 atom stereocenters. The number of carbonyl (C=O) groups excluding carboxylic acids is 1. The van der Waals surface area contributed by atoms with Gasteiger partial charge in [0.1, 0.15) is 11.6 Å². The van der Waals surface area contributed by atoms with Gasteiger partial charge in [0.25, 0.3) is 10.0 Å². The van der Waals surface area contributed by atoms with Crippen LogP contribution in [-0.4, -0.2) is 30.6 Å². The van der Waals surface area contributed by atoms with Crippen LogP contribution in [0.2, 0.25) is 0 Å². The Bertz CT molecular complexity index is 1560. The quantitative estimate of drug-likeness (QED) is 0.387. The number of aromatic nitrogens is 2. The number of nitrogens with zero attached hydrogens (tertiary/aromatic N) is 2. The number of ether oxygens (including phenoxy) is 1. The highest BCUT2D eigenvalue weighted by molar-refractivity contribution is 7.92. The fourth-order valence-electron chi connectivity index (χ4n) is 3.70. The molecule has 0 saturated carbocycles. The van der Waals surface area contributed by atoms with E-state index >= 15 is 0 Å². The number of hydrogen-bond donors (Lipinski definition) is 2. The van der Waals surface area contributed by atoms with E-state index in [2.05, 4.69) is 10.0 Å². The van der Waals surface area contributed by atoms with Crippen LogP contribution in [-0.2, 0) is 28.4 Å². The summed E-state index contributed by atoms with van der Waals surface area (Å²) in [7, 11) is -0.973. The fraction of sp³-hybridized carbons (Fsp3) is 0.167. The van der Waals surface area contributed by atoms with Crippen molar-refractivity contribution in [1.29, 1.82) is 0 Å². The Morgan fingerprint density at radius 2 is 1.71 bits per heavy atom. The molecule has 0 radical (unpaired) electrons. The van der Waals surface area contributed by atoms with Crippen molar-refractivity contribution in [1.82, 2.24) is 9.13 Å². The number of carbonyl (C=O) groups is 1. The van der Waals surface area contributed by atoms with Crippen molar-refractivity contribution in [2.24, 2.45) is 7.05 Å². The van der Waals surface area contributed by atoms with E-state index in [1.54, 1.807) is 13.1 Å². The zero-order chi connectivity index (χ0) is 25.2. The molecule has 9 nitrogen and oxygen atoms in total. The summed E-state index contributed by atoms with van der Waals surface area (Å²) < 4.78 is 49.3. The smallest absolute Gasteiger partial charge is 0.328 e. The van der Waals surface area contributed by atoms with Gasteiger partial charge in [0, 0.05) is 25.7 Å². The van der Waals surface area contributed by atoms with E-state index in [1.807, 2.05) is 24.3 Å². The molecular formula is C24H23FN4O5S. The zero-order valence-corrected chi connectivity index (χ0v) is 19.8. The molecule has 0 unspecified atom stereocenters. The molecule has 0 fully saturated rings. The molecule has 0 aliphatic carbocycles. The first-order valence-electron chi connectivity index (χ1n) is 10.6. The summed E-state index contributed by atoms with van der Waals surface area (Å²) >= 11 is 0. The summed E-state index contributed by atoms with van der Waals surface area (Å²) in [6.07, 6.45) is 0.0244. The first kappa shape index (κ1) is 24.0. The molecule has 182 valence electrons.